The van der Waals surface area contributed by atoms with Gasteiger partial charge in [-0.2, -0.15) is 14.7 Å². The average Bonchev–Trinajstić information content (AvgIpc) is 3.01. The number of nitrogens with one attached hydrogen (secondary N) is 1. The van der Waals surface area contributed by atoms with Gasteiger partial charge in [0.15, 0.2) is 5.69 Å². The molecule has 10 heteroatoms. The lowest BCUT2D eigenvalue weighted by Gasteiger charge is -1.99. The Bertz CT molecular complexity index is 957. The van der Waals surface area contributed by atoms with Crippen LogP contribution in [0.5, 0.6) is 0 Å². The summed E-state index contributed by atoms with van der Waals surface area (Å²) < 4.78 is 1.49. The van der Waals surface area contributed by atoms with Gasteiger partial charge in [-0.15, -0.1) is 0 Å². The van der Waals surface area contributed by atoms with Crippen LogP contribution in [0.15, 0.2) is 29.4 Å². The number of non-ortho nitro benzene ring substituents is 1. The van der Waals surface area contributed by atoms with E-state index in [4.69, 9.17) is 0 Å². The highest BCUT2D eigenvalue weighted by Gasteiger charge is 2.18. The van der Waals surface area contributed by atoms with Gasteiger partial charge in [0.05, 0.1) is 16.8 Å². The summed E-state index contributed by atoms with van der Waals surface area (Å²) in [6, 6.07) is 5.82. The van der Waals surface area contributed by atoms with E-state index in [9.17, 15) is 14.9 Å². The van der Waals surface area contributed by atoms with Crippen molar-refractivity contribution in [2.75, 3.05) is 0 Å². The van der Waals surface area contributed by atoms with Crippen LogP contribution in [-0.2, 0) is 0 Å². The fourth-order valence-corrected chi connectivity index (χ4v) is 2.89. The minimum absolute atomic E-state index is 0.00707. The van der Waals surface area contributed by atoms with Gasteiger partial charge >= 0.3 is 0 Å². The van der Waals surface area contributed by atoms with E-state index in [-0.39, 0.29) is 5.69 Å². The largest absolute Gasteiger partial charge is 0.292 e. The lowest BCUT2D eigenvalue weighted by molar-refractivity contribution is -0.384. The molecular weight excluding hydrogens is 332 g/mol. The van der Waals surface area contributed by atoms with Gasteiger partial charge in [0, 0.05) is 12.1 Å². The van der Waals surface area contributed by atoms with Crippen molar-refractivity contribution in [3.05, 3.63) is 56.3 Å². The third kappa shape index (κ3) is 2.99. The molecule has 0 spiro atoms. The number of rotatable bonds is 4. The van der Waals surface area contributed by atoms with Gasteiger partial charge in [-0.3, -0.25) is 14.9 Å². The van der Waals surface area contributed by atoms with Gasteiger partial charge in [0.1, 0.15) is 5.01 Å². The lowest BCUT2D eigenvalue weighted by Crippen LogP contribution is -2.20. The van der Waals surface area contributed by atoms with E-state index in [1.807, 2.05) is 6.92 Å². The summed E-state index contributed by atoms with van der Waals surface area (Å²) in [7, 11) is 0. The number of nitro benzene ring substituents is 1. The van der Waals surface area contributed by atoms with Crippen LogP contribution in [0.1, 0.15) is 26.8 Å². The number of nitro groups is 1. The summed E-state index contributed by atoms with van der Waals surface area (Å²) in [5.74, 6) is -0.427. The summed E-state index contributed by atoms with van der Waals surface area (Å²) in [6.45, 7) is 3.56. The van der Waals surface area contributed by atoms with Crippen molar-refractivity contribution in [2.24, 2.45) is 5.10 Å². The third-order valence-electron chi connectivity index (χ3n) is 3.18. The molecule has 0 saturated heterocycles. The maximum absolute atomic E-state index is 12.3. The van der Waals surface area contributed by atoms with Crippen LogP contribution in [0.2, 0.25) is 0 Å². The maximum atomic E-state index is 12.3. The Morgan fingerprint density at radius 2 is 2.08 bits per heavy atom. The Hall–Kier alpha value is -3.14. The topological polar surface area (TPSA) is 115 Å². The first-order valence-corrected chi connectivity index (χ1v) is 7.68. The number of aromatic nitrogens is 3. The molecule has 24 heavy (non-hydrogen) atoms. The molecule has 3 aromatic rings. The molecule has 1 N–H and O–H groups in total. The minimum atomic E-state index is -0.480. The van der Waals surface area contributed by atoms with Crippen LogP contribution in [0, 0.1) is 24.0 Å². The highest BCUT2D eigenvalue weighted by Crippen LogP contribution is 2.17. The predicted octanol–water partition coefficient (Wildman–Crippen LogP) is 2.08. The minimum Gasteiger partial charge on any atom is -0.265 e. The molecule has 122 valence electrons. The number of hydrogen-bond acceptors (Lipinski definition) is 7. The van der Waals surface area contributed by atoms with Gasteiger partial charge < -0.3 is 0 Å². The molecule has 0 aliphatic rings. The Kier molecular flexibility index (Phi) is 4.04. The lowest BCUT2D eigenvalue weighted by atomic mass is 10.2. The molecule has 1 aromatic carbocycles. The summed E-state index contributed by atoms with van der Waals surface area (Å²) in [6.07, 6.45) is 1.40. The Morgan fingerprint density at radius 3 is 2.75 bits per heavy atom. The number of benzene rings is 1. The molecule has 0 aliphatic carbocycles. The SMILES string of the molecule is Cc1nn2c(C(=O)N/N=C/c3ccc([N+](=O)[O-])cc3)c(C)nc2s1. The molecule has 0 fully saturated rings. The predicted molar refractivity (Wildman–Crippen MR) is 88.5 cm³/mol. The fourth-order valence-electron chi connectivity index (χ4n) is 2.11. The van der Waals surface area contributed by atoms with Gasteiger partial charge in [0.25, 0.3) is 11.6 Å². The normalized spacial score (nSPS) is 11.2. The van der Waals surface area contributed by atoms with E-state index in [0.717, 1.165) is 5.01 Å². The van der Waals surface area contributed by atoms with Crippen molar-refractivity contribution in [1.82, 2.24) is 20.0 Å². The second-order valence-electron chi connectivity index (χ2n) is 4.91. The van der Waals surface area contributed by atoms with E-state index in [2.05, 4.69) is 20.6 Å². The number of imidazole rings is 1. The first-order chi connectivity index (χ1) is 11.5. The number of nitrogens with zero attached hydrogens (tertiary/aromatic N) is 5. The fraction of sp³-hybridized carbons (Fsp3) is 0.143. The van der Waals surface area contributed by atoms with Crippen molar-refractivity contribution in [1.29, 1.82) is 0 Å². The Morgan fingerprint density at radius 1 is 1.38 bits per heavy atom. The standard InChI is InChI=1S/C14H12N6O3S/c1-8-12(19-14(16-8)24-9(2)18-19)13(21)17-15-7-10-3-5-11(6-4-10)20(22)23/h3-7H,1-2H3,(H,17,21)/b15-7+. The number of fused-ring (bicyclic) bond motifs is 1. The molecule has 0 saturated carbocycles. The van der Waals surface area contributed by atoms with Crippen LogP contribution in [0.3, 0.4) is 0 Å². The first-order valence-electron chi connectivity index (χ1n) is 6.86. The Labute approximate surface area is 139 Å². The average molecular weight is 344 g/mol. The van der Waals surface area contributed by atoms with E-state index in [1.165, 1.54) is 34.2 Å². The molecule has 1 amide bonds. The van der Waals surface area contributed by atoms with Crippen LogP contribution in [-0.4, -0.2) is 31.6 Å². The molecule has 0 atom stereocenters. The molecule has 0 unspecified atom stereocenters. The van der Waals surface area contributed by atoms with Crippen molar-refractivity contribution in [3.63, 3.8) is 0 Å². The second kappa shape index (κ2) is 6.16. The van der Waals surface area contributed by atoms with E-state index in [0.29, 0.717) is 21.9 Å². The summed E-state index contributed by atoms with van der Waals surface area (Å²) >= 11 is 1.40. The van der Waals surface area contributed by atoms with E-state index >= 15 is 0 Å². The zero-order chi connectivity index (χ0) is 17.3. The zero-order valence-electron chi connectivity index (χ0n) is 12.8. The molecule has 3 rings (SSSR count). The van der Waals surface area contributed by atoms with Crippen LogP contribution in [0.4, 0.5) is 5.69 Å². The van der Waals surface area contributed by atoms with Gasteiger partial charge in [-0.1, -0.05) is 11.3 Å². The number of hydrogen-bond donors (Lipinski definition) is 1. The summed E-state index contributed by atoms with van der Waals surface area (Å²) in [4.78, 5) is 27.3. The maximum Gasteiger partial charge on any atom is 0.292 e. The number of amides is 1. The molecule has 0 aliphatic heterocycles. The smallest absolute Gasteiger partial charge is 0.265 e. The van der Waals surface area contributed by atoms with Gasteiger partial charge in [-0.05, 0) is 31.5 Å². The number of carbonyl (C=O) groups excluding carboxylic acids is 1. The van der Waals surface area contributed by atoms with Crippen LogP contribution < -0.4 is 5.43 Å². The second-order valence-corrected chi connectivity index (χ2v) is 6.07. The highest BCUT2D eigenvalue weighted by atomic mass is 32.1. The zero-order valence-corrected chi connectivity index (χ0v) is 13.6. The van der Waals surface area contributed by atoms with Crippen LogP contribution in [0.25, 0.3) is 4.96 Å². The molecule has 0 bridgehead atoms. The number of aryl methyl sites for hydroxylation is 2. The number of carbonyl (C=O) groups is 1. The van der Waals surface area contributed by atoms with Crippen molar-refractivity contribution in [2.45, 2.75) is 13.8 Å². The third-order valence-corrected chi connectivity index (χ3v) is 4.00. The highest BCUT2D eigenvalue weighted by molar-refractivity contribution is 7.16. The molecular formula is C14H12N6O3S. The van der Waals surface area contributed by atoms with E-state index < -0.39 is 10.8 Å². The summed E-state index contributed by atoms with van der Waals surface area (Å²) in [5, 5.41) is 19.5. The molecule has 9 nitrogen and oxygen atoms in total. The molecule has 2 heterocycles. The van der Waals surface area contributed by atoms with Crippen LogP contribution >= 0.6 is 11.3 Å². The van der Waals surface area contributed by atoms with Crippen molar-refractivity contribution < 1.29 is 9.72 Å². The Balaban J connectivity index is 1.74. The van der Waals surface area contributed by atoms with Crippen molar-refractivity contribution >= 4 is 34.1 Å². The number of hydrazone groups is 1. The molecule has 2 aromatic heterocycles. The molecule has 0 radical (unpaired) electrons. The summed E-state index contributed by atoms with van der Waals surface area (Å²) in [5.41, 5.74) is 3.93. The quantitative estimate of drug-likeness (QED) is 0.442. The van der Waals surface area contributed by atoms with Gasteiger partial charge in [-0.25, -0.2) is 10.4 Å². The van der Waals surface area contributed by atoms with Crippen molar-refractivity contribution in [3.8, 4) is 0 Å². The van der Waals surface area contributed by atoms with Gasteiger partial charge in [0.2, 0.25) is 4.96 Å². The monoisotopic (exact) mass is 344 g/mol. The van der Waals surface area contributed by atoms with E-state index in [1.54, 1.807) is 19.1 Å². The first kappa shape index (κ1) is 15.7.